The number of ether oxygens (including phenoxy) is 1. The Balaban J connectivity index is 1.97. The number of methoxy groups -OCH3 is 1. The van der Waals surface area contributed by atoms with E-state index in [0.29, 0.717) is 15.5 Å². The molecule has 1 aromatic carbocycles. The summed E-state index contributed by atoms with van der Waals surface area (Å²) in [7, 11) is 1.79. The van der Waals surface area contributed by atoms with E-state index in [1.54, 1.807) is 7.11 Å². The molecule has 98 valence electrons. The lowest BCUT2D eigenvalue weighted by atomic mass is 9.82. The molecule has 0 aromatic heterocycles. The predicted octanol–water partition coefficient (Wildman–Crippen LogP) is 3.26. The summed E-state index contributed by atoms with van der Waals surface area (Å²) in [5.41, 5.74) is 1.78. The Kier molecular flexibility index (Phi) is 3.10. The zero-order valence-electron chi connectivity index (χ0n) is 10.4. The van der Waals surface area contributed by atoms with Crippen molar-refractivity contribution in [2.45, 2.75) is 18.3 Å². The Morgan fingerprint density at radius 3 is 2.89 bits per heavy atom. The van der Waals surface area contributed by atoms with Gasteiger partial charge in [0.15, 0.2) is 0 Å². The smallest absolute Gasteiger partial charge is 0.0595 e. The van der Waals surface area contributed by atoms with Crippen molar-refractivity contribution < 1.29 is 4.74 Å². The second-order valence-electron chi connectivity index (χ2n) is 5.53. The molecule has 4 heteroatoms. The van der Waals surface area contributed by atoms with Crippen LogP contribution in [0.4, 0.5) is 0 Å². The van der Waals surface area contributed by atoms with Gasteiger partial charge in [-0.2, -0.15) is 0 Å². The molecule has 2 atom stereocenters. The van der Waals surface area contributed by atoms with E-state index in [4.69, 9.17) is 27.9 Å². The van der Waals surface area contributed by atoms with E-state index in [1.807, 2.05) is 12.1 Å². The van der Waals surface area contributed by atoms with Crippen molar-refractivity contribution in [3.05, 3.63) is 33.8 Å². The number of nitrogens with one attached hydrogen (secondary N) is 1. The van der Waals surface area contributed by atoms with Gasteiger partial charge in [-0.15, -0.1) is 0 Å². The number of hydrogen-bond acceptors (Lipinski definition) is 2. The lowest BCUT2D eigenvalue weighted by Gasteiger charge is -2.31. The van der Waals surface area contributed by atoms with Crippen LogP contribution in [0.1, 0.15) is 18.4 Å². The number of halogens is 2. The lowest BCUT2D eigenvalue weighted by molar-refractivity contribution is 0.112. The molecule has 0 amide bonds. The van der Waals surface area contributed by atoms with Crippen LogP contribution >= 0.6 is 23.2 Å². The number of benzene rings is 1. The Morgan fingerprint density at radius 1 is 1.33 bits per heavy atom. The van der Waals surface area contributed by atoms with E-state index in [2.05, 4.69) is 11.4 Å². The minimum atomic E-state index is 0.190. The van der Waals surface area contributed by atoms with Crippen molar-refractivity contribution in [3.63, 3.8) is 0 Å². The topological polar surface area (TPSA) is 21.3 Å². The maximum Gasteiger partial charge on any atom is 0.0595 e. The first kappa shape index (κ1) is 12.7. The van der Waals surface area contributed by atoms with Crippen LogP contribution in [0.5, 0.6) is 0 Å². The quantitative estimate of drug-likeness (QED) is 0.921. The van der Waals surface area contributed by atoms with Crippen molar-refractivity contribution >= 4 is 23.2 Å². The third kappa shape index (κ3) is 1.70. The van der Waals surface area contributed by atoms with Gasteiger partial charge in [-0.3, -0.25) is 0 Å². The summed E-state index contributed by atoms with van der Waals surface area (Å²) in [6.45, 7) is 2.91. The number of hydrogen-bond donors (Lipinski definition) is 1. The predicted molar refractivity (Wildman–Crippen MR) is 74.6 cm³/mol. The summed E-state index contributed by atoms with van der Waals surface area (Å²) >= 11 is 12.2. The highest BCUT2D eigenvalue weighted by Gasteiger charge is 2.68. The molecule has 1 N–H and O–H groups in total. The molecule has 1 aromatic rings. The normalized spacial score (nSPS) is 34.2. The minimum absolute atomic E-state index is 0.190. The SMILES string of the molecule is COC[C@]12CCNCC1(c1ccc(Cl)c(Cl)c1)C2. The summed E-state index contributed by atoms with van der Waals surface area (Å²) in [4.78, 5) is 0. The molecule has 0 bridgehead atoms. The maximum absolute atomic E-state index is 6.15. The molecular weight excluding hydrogens is 269 g/mol. The lowest BCUT2D eigenvalue weighted by Crippen LogP contribution is -2.40. The molecule has 1 saturated carbocycles. The molecule has 1 aliphatic carbocycles. The second kappa shape index (κ2) is 4.38. The molecule has 3 rings (SSSR count). The second-order valence-corrected chi connectivity index (χ2v) is 6.34. The minimum Gasteiger partial charge on any atom is -0.384 e. The van der Waals surface area contributed by atoms with E-state index in [1.165, 1.54) is 18.4 Å². The Labute approximate surface area is 118 Å². The maximum atomic E-state index is 6.15. The Hall–Kier alpha value is -0.280. The average Bonchev–Trinajstić information content (AvgIpc) is 3.03. The average molecular weight is 286 g/mol. The summed E-state index contributed by atoms with van der Waals surface area (Å²) in [5.74, 6) is 0. The third-order valence-corrected chi connectivity index (χ3v) is 5.37. The molecule has 0 radical (unpaired) electrons. The van der Waals surface area contributed by atoms with Crippen molar-refractivity contribution in [3.8, 4) is 0 Å². The first-order chi connectivity index (χ1) is 8.63. The van der Waals surface area contributed by atoms with Gasteiger partial charge >= 0.3 is 0 Å². The first-order valence-electron chi connectivity index (χ1n) is 6.29. The number of piperidine rings is 1. The van der Waals surface area contributed by atoms with E-state index < -0.39 is 0 Å². The van der Waals surface area contributed by atoms with Gasteiger partial charge in [0, 0.05) is 24.5 Å². The van der Waals surface area contributed by atoms with Gasteiger partial charge in [0.1, 0.15) is 0 Å². The van der Waals surface area contributed by atoms with Gasteiger partial charge in [0.05, 0.1) is 16.7 Å². The molecule has 18 heavy (non-hydrogen) atoms. The van der Waals surface area contributed by atoms with Gasteiger partial charge in [-0.25, -0.2) is 0 Å². The molecule has 1 unspecified atom stereocenters. The molecule has 1 heterocycles. The van der Waals surface area contributed by atoms with Crippen LogP contribution < -0.4 is 5.32 Å². The summed E-state index contributed by atoms with van der Waals surface area (Å²) in [6, 6.07) is 6.03. The van der Waals surface area contributed by atoms with Crippen molar-refractivity contribution in [2.24, 2.45) is 5.41 Å². The fraction of sp³-hybridized carbons (Fsp3) is 0.571. The molecule has 0 spiro atoms. The summed E-state index contributed by atoms with van der Waals surface area (Å²) in [5, 5.41) is 4.77. The van der Waals surface area contributed by atoms with Crippen LogP contribution in [0.25, 0.3) is 0 Å². The largest absolute Gasteiger partial charge is 0.384 e. The molecule has 2 aliphatic rings. The van der Waals surface area contributed by atoms with Gasteiger partial charge in [-0.05, 0) is 37.1 Å². The van der Waals surface area contributed by atoms with Crippen LogP contribution in [0.3, 0.4) is 0 Å². The molecule has 1 saturated heterocycles. The van der Waals surface area contributed by atoms with E-state index in [0.717, 1.165) is 19.7 Å². The van der Waals surface area contributed by atoms with Crippen molar-refractivity contribution in [2.75, 3.05) is 26.8 Å². The van der Waals surface area contributed by atoms with Crippen molar-refractivity contribution in [1.82, 2.24) is 5.32 Å². The zero-order valence-corrected chi connectivity index (χ0v) is 11.9. The fourth-order valence-electron chi connectivity index (χ4n) is 3.58. The van der Waals surface area contributed by atoms with E-state index in [9.17, 15) is 0 Å². The highest BCUT2D eigenvalue weighted by Crippen LogP contribution is 2.67. The molecular formula is C14H17Cl2NO. The molecule has 2 fully saturated rings. The fourth-order valence-corrected chi connectivity index (χ4v) is 3.88. The van der Waals surface area contributed by atoms with Crippen LogP contribution in [-0.4, -0.2) is 26.8 Å². The van der Waals surface area contributed by atoms with Gasteiger partial charge in [0.25, 0.3) is 0 Å². The highest BCUT2D eigenvalue weighted by atomic mass is 35.5. The Bertz CT molecular complexity index is 475. The van der Waals surface area contributed by atoms with Crippen LogP contribution in [-0.2, 0) is 10.2 Å². The standard InChI is InChI=1S/C14H17Cl2NO/c1-18-9-13-4-5-17-8-14(13,7-13)10-2-3-11(15)12(16)6-10/h2-3,6,17H,4-5,7-9H2,1H3/t13-,14?/m1/s1. The first-order valence-corrected chi connectivity index (χ1v) is 7.04. The highest BCUT2D eigenvalue weighted by molar-refractivity contribution is 6.42. The van der Waals surface area contributed by atoms with Crippen LogP contribution in [0.2, 0.25) is 10.0 Å². The molecule has 1 aliphatic heterocycles. The Morgan fingerprint density at radius 2 is 2.17 bits per heavy atom. The van der Waals surface area contributed by atoms with E-state index in [-0.39, 0.29) is 5.41 Å². The summed E-state index contributed by atoms with van der Waals surface area (Å²) < 4.78 is 5.44. The zero-order chi connectivity index (χ0) is 12.8. The number of rotatable bonds is 3. The van der Waals surface area contributed by atoms with E-state index >= 15 is 0 Å². The monoisotopic (exact) mass is 285 g/mol. The van der Waals surface area contributed by atoms with Gasteiger partial charge in [0.2, 0.25) is 0 Å². The van der Waals surface area contributed by atoms with Gasteiger partial charge < -0.3 is 10.1 Å². The van der Waals surface area contributed by atoms with Crippen LogP contribution in [0, 0.1) is 5.41 Å². The number of fused-ring (bicyclic) bond motifs is 1. The van der Waals surface area contributed by atoms with Crippen molar-refractivity contribution in [1.29, 1.82) is 0 Å². The van der Waals surface area contributed by atoms with Crippen LogP contribution in [0.15, 0.2) is 18.2 Å². The third-order valence-electron chi connectivity index (χ3n) is 4.63. The summed E-state index contributed by atoms with van der Waals surface area (Å²) in [6.07, 6.45) is 2.35. The van der Waals surface area contributed by atoms with Gasteiger partial charge in [-0.1, -0.05) is 29.3 Å². The molecule has 2 nitrogen and oxygen atoms in total.